The summed E-state index contributed by atoms with van der Waals surface area (Å²) in [6.45, 7) is 6.28. The number of piperazine rings is 1. The molecule has 2 aromatic rings. The molecule has 0 radical (unpaired) electrons. The fraction of sp³-hybridized carbons (Fsp3) is 0.353. The Morgan fingerprint density at radius 1 is 1.12 bits per heavy atom. The molecule has 0 unspecified atom stereocenters. The predicted molar refractivity (Wildman–Crippen MR) is 101 cm³/mol. The van der Waals surface area contributed by atoms with Crippen LogP contribution in [0.3, 0.4) is 0 Å². The summed E-state index contributed by atoms with van der Waals surface area (Å²) < 4.78 is 0. The summed E-state index contributed by atoms with van der Waals surface area (Å²) >= 11 is 12.2. The molecule has 132 valence electrons. The molecular formula is C17H19Cl2N5O. The highest BCUT2D eigenvalue weighted by molar-refractivity contribution is 6.35. The van der Waals surface area contributed by atoms with Crippen molar-refractivity contribution in [1.82, 2.24) is 14.9 Å². The second-order valence-corrected chi connectivity index (χ2v) is 6.78. The average Bonchev–Trinajstić information content (AvgIpc) is 2.58. The highest BCUT2D eigenvalue weighted by Gasteiger charge is 2.21. The van der Waals surface area contributed by atoms with Crippen molar-refractivity contribution in [2.75, 3.05) is 36.4 Å². The number of aryl methyl sites for hydroxylation is 1. The molecule has 0 atom stereocenters. The molecule has 2 heterocycles. The van der Waals surface area contributed by atoms with Gasteiger partial charge in [-0.15, -0.1) is 0 Å². The number of nitrogens with zero attached hydrogens (tertiary/aromatic N) is 4. The van der Waals surface area contributed by atoms with E-state index in [0.29, 0.717) is 53.7 Å². The van der Waals surface area contributed by atoms with Crippen LogP contribution in [0.5, 0.6) is 0 Å². The quantitative estimate of drug-likeness (QED) is 0.883. The zero-order valence-corrected chi connectivity index (χ0v) is 15.6. The van der Waals surface area contributed by atoms with Crippen molar-refractivity contribution in [2.24, 2.45) is 0 Å². The molecule has 0 spiro atoms. The van der Waals surface area contributed by atoms with Gasteiger partial charge in [-0.3, -0.25) is 4.79 Å². The number of nitrogens with one attached hydrogen (secondary N) is 1. The molecule has 0 saturated carbocycles. The van der Waals surface area contributed by atoms with Gasteiger partial charge >= 0.3 is 0 Å². The molecule has 6 nitrogen and oxygen atoms in total. The van der Waals surface area contributed by atoms with E-state index in [-0.39, 0.29) is 5.91 Å². The number of rotatable bonds is 3. The van der Waals surface area contributed by atoms with E-state index in [4.69, 9.17) is 23.2 Å². The number of amides is 1. The van der Waals surface area contributed by atoms with Gasteiger partial charge in [-0.25, -0.2) is 4.98 Å². The van der Waals surface area contributed by atoms with E-state index in [1.165, 1.54) is 0 Å². The Hall–Kier alpha value is -2.05. The maximum Gasteiger partial charge on any atom is 0.227 e. The highest BCUT2D eigenvalue weighted by atomic mass is 35.5. The molecule has 1 aliphatic rings. The van der Waals surface area contributed by atoms with Gasteiger partial charge in [0, 0.05) is 49.9 Å². The number of hydrogen-bond donors (Lipinski definition) is 1. The van der Waals surface area contributed by atoms with Crippen LogP contribution >= 0.6 is 23.2 Å². The Labute approximate surface area is 156 Å². The fourth-order valence-corrected chi connectivity index (χ4v) is 3.05. The highest BCUT2D eigenvalue weighted by Crippen LogP contribution is 2.28. The van der Waals surface area contributed by atoms with Crippen LogP contribution in [0.15, 0.2) is 24.3 Å². The smallest absolute Gasteiger partial charge is 0.227 e. The molecule has 0 aliphatic carbocycles. The minimum atomic E-state index is 0.0998. The molecule has 25 heavy (non-hydrogen) atoms. The van der Waals surface area contributed by atoms with E-state index in [0.717, 1.165) is 5.69 Å². The minimum absolute atomic E-state index is 0.0998. The lowest BCUT2D eigenvalue weighted by molar-refractivity contribution is -0.129. The molecule has 3 rings (SSSR count). The largest absolute Gasteiger partial charge is 0.339 e. The zero-order chi connectivity index (χ0) is 18.0. The minimum Gasteiger partial charge on any atom is -0.339 e. The summed E-state index contributed by atoms with van der Waals surface area (Å²) in [6.07, 6.45) is 0. The summed E-state index contributed by atoms with van der Waals surface area (Å²) in [4.78, 5) is 24.5. The number of carbonyl (C=O) groups is 1. The second-order valence-electron chi connectivity index (χ2n) is 5.94. The third-order valence-electron chi connectivity index (χ3n) is 4.04. The first-order chi connectivity index (χ1) is 11.9. The molecule has 8 heteroatoms. The van der Waals surface area contributed by atoms with Gasteiger partial charge in [-0.2, -0.15) is 4.98 Å². The third-order valence-corrected chi connectivity index (χ3v) is 4.61. The Bertz CT molecular complexity index is 791. The summed E-state index contributed by atoms with van der Waals surface area (Å²) in [5.41, 5.74) is 1.54. The first kappa shape index (κ1) is 17.8. The monoisotopic (exact) mass is 379 g/mol. The Kier molecular flexibility index (Phi) is 5.30. The van der Waals surface area contributed by atoms with Crippen molar-refractivity contribution in [3.05, 3.63) is 40.0 Å². The van der Waals surface area contributed by atoms with Crippen molar-refractivity contribution in [2.45, 2.75) is 13.8 Å². The molecule has 1 aromatic carbocycles. The summed E-state index contributed by atoms with van der Waals surface area (Å²) in [6, 6.07) is 7.08. The van der Waals surface area contributed by atoms with Gasteiger partial charge in [-0.1, -0.05) is 23.2 Å². The summed E-state index contributed by atoms with van der Waals surface area (Å²) in [7, 11) is 0. The average molecular weight is 380 g/mol. The molecule has 0 bridgehead atoms. The van der Waals surface area contributed by atoms with Crippen molar-refractivity contribution >= 4 is 46.6 Å². The molecule has 1 aromatic heterocycles. The molecule has 1 amide bonds. The van der Waals surface area contributed by atoms with Gasteiger partial charge in [-0.05, 0) is 25.1 Å². The van der Waals surface area contributed by atoms with E-state index < -0.39 is 0 Å². The standard InChI is InChI=1S/C17H19Cl2N5O/c1-11-9-16(21-15-10-13(18)3-4-14(15)19)22-17(20-11)24-7-5-23(6-8-24)12(2)25/h3-4,9-10H,5-8H2,1-2H3,(H,20,21,22). The Balaban J connectivity index is 1.79. The molecule has 1 N–H and O–H groups in total. The van der Waals surface area contributed by atoms with E-state index in [1.54, 1.807) is 25.1 Å². The maximum absolute atomic E-state index is 11.5. The van der Waals surface area contributed by atoms with Crippen LogP contribution in [0.1, 0.15) is 12.6 Å². The van der Waals surface area contributed by atoms with Gasteiger partial charge in [0.25, 0.3) is 0 Å². The van der Waals surface area contributed by atoms with Crippen molar-refractivity contribution in [1.29, 1.82) is 0 Å². The van der Waals surface area contributed by atoms with E-state index >= 15 is 0 Å². The number of hydrogen-bond acceptors (Lipinski definition) is 5. The zero-order valence-electron chi connectivity index (χ0n) is 14.1. The Morgan fingerprint density at radius 2 is 1.84 bits per heavy atom. The lowest BCUT2D eigenvalue weighted by Crippen LogP contribution is -2.48. The van der Waals surface area contributed by atoms with E-state index in [1.807, 2.05) is 17.9 Å². The van der Waals surface area contributed by atoms with Crippen LogP contribution in [0.25, 0.3) is 0 Å². The SMILES string of the molecule is CC(=O)N1CCN(c2nc(C)cc(Nc3cc(Cl)ccc3Cl)n2)CC1. The van der Waals surface area contributed by atoms with E-state index in [9.17, 15) is 4.79 Å². The van der Waals surface area contributed by atoms with Crippen LogP contribution in [0, 0.1) is 6.92 Å². The number of aromatic nitrogens is 2. The van der Waals surface area contributed by atoms with Crippen LogP contribution in [-0.2, 0) is 4.79 Å². The topological polar surface area (TPSA) is 61.4 Å². The molecule has 1 fully saturated rings. The normalized spacial score (nSPS) is 14.6. The molecular weight excluding hydrogens is 361 g/mol. The number of halogens is 2. The third kappa shape index (κ3) is 4.32. The van der Waals surface area contributed by atoms with Crippen molar-refractivity contribution < 1.29 is 4.79 Å². The van der Waals surface area contributed by atoms with Gasteiger partial charge < -0.3 is 15.1 Å². The van der Waals surface area contributed by atoms with Crippen LogP contribution < -0.4 is 10.2 Å². The van der Waals surface area contributed by atoms with Crippen LogP contribution in [-0.4, -0.2) is 47.0 Å². The van der Waals surface area contributed by atoms with Gasteiger partial charge in [0.05, 0.1) is 10.7 Å². The fourth-order valence-electron chi connectivity index (χ4n) is 2.71. The Morgan fingerprint density at radius 3 is 2.52 bits per heavy atom. The number of carbonyl (C=O) groups excluding carboxylic acids is 1. The first-order valence-corrected chi connectivity index (χ1v) is 8.76. The van der Waals surface area contributed by atoms with Crippen LogP contribution in [0.4, 0.5) is 17.5 Å². The molecule has 1 saturated heterocycles. The lowest BCUT2D eigenvalue weighted by atomic mass is 10.3. The van der Waals surface area contributed by atoms with Gasteiger partial charge in [0.15, 0.2) is 0 Å². The van der Waals surface area contributed by atoms with Crippen molar-refractivity contribution in [3.8, 4) is 0 Å². The summed E-state index contributed by atoms with van der Waals surface area (Å²) in [5.74, 6) is 1.40. The van der Waals surface area contributed by atoms with Crippen LogP contribution in [0.2, 0.25) is 10.0 Å². The van der Waals surface area contributed by atoms with Gasteiger partial charge in [0.2, 0.25) is 11.9 Å². The van der Waals surface area contributed by atoms with Gasteiger partial charge in [0.1, 0.15) is 5.82 Å². The second kappa shape index (κ2) is 7.45. The first-order valence-electron chi connectivity index (χ1n) is 8.00. The lowest BCUT2D eigenvalue weighted by Gasteiger charge is -2.34. The number of benzene rings is 1. The maximum atomic E-state index is 11.5. The predicted octanol–water partition coefficient (Wildman–Crippen LogP) is 3.50. The summed E-state index contributed by atoms with van der Waals surface area (Å²) in [5, 5.41) is 4.36. The van der Waals surface area contributed by atoms with E-state index in [2.05, 4.69) is 20.2 Å². The number of anilines is 3. The van der Waals surface area contributed by atoms with Crippen molar-refractivity contribution in [3.63, 3.8) is 0 Å². The molecule has 1 aliphatic heterocycles.